The van der Waals surface area contributed by atoms with Crippen LogP contribution in [-0.2, 0) is 0 Å². The van der Waals surface area contributed by atoms with E-state index in [2.05, 4.69) is 18.8 Å². The van der Waals surface area contributed by atoms with Gasteiger partial charge < -0.3 is 0 Å². The number of hydrogen-bond acceptors (Lipinski definition) is 0. The summed E-state index contributed by atoms with van der Waals surface area (Å²) in [4.78, 5) is 0. The zero-order chi connectivity index (χ0) is 10.7. The lowest BCUT2D eigenvalue weighted by Crippen LogP contribution is -1.79. The Balaban J connectivity index is 2.54. The fraction of sp³-hybridized carbons (Fsp3) is 0.0714. The molecule has 0 saturated heterocycles. The van der Waals surface area contributed by atoms with Crippen molar-refractivity contribution in [3.8, 4) is 11.8 Å². The smallest absolute Gasteiger partial charge is 0.123 e. The lowest BCUT2D eigenvalue weighted by Gasteiger charge is -1.98. The highest BCUT2D eigenvalue weighted by Crippen LogP contribution is 2.16. The van der Waals surface area contributed by atoms with Gasteiger partial charge in [-0.3, -0.25) is 0 Å². The summed E-state index contributed by atoms with van der Waals surface area (Å²) in [6.07, 6.45) is 0.585. The molecule has 2 aromatic carbocycles. The van der Waals surface area contributed by atoms with E-state index in [1.807, 2.05) is 18.2 Å². The Bertz CT molecular complexity index is 544. The van der Waals surface area contributed by atoms with Crippen LogP contribution in [-0.4, -0.2) is 0 Å². The Kier molecular flexibility index (Phi) is 2.69. The summed E-state index contributed by atoms with van der Waals surface area (Å²) in [6, 6.07) is 10.5. The summed E-state index contributed by atoms with van der Waals surface area (Å²) in [7, 11) is 0. The maximum Gasteiger partial charge on any atom is 0.123 e. The van der Waals surface area contributed by atoms with Crippen molar-refractivity contribution in [3.63, 3.8) is 0 Å². The molecule has 0 atom stereocenters. The van der Waals surface area contributed by atoms with E-state index >= 15 is 0 Å². The van der Waals surface area contributed by atoms with E-state index in [1.54, 1.807) is 6.07 Å². The van der Waals surface area contributed by atoms with E-state index in [0.717, 1.165) is 16.3 Å². The topological polar surface area (TPSA) is 0 Å². The molecule has 0 heterocycles. The van der Waals surface area contributed by atoms with Crippen LogP contribution in [0.25, 0.3) is 10.8 Å². The standard InChI is InChI=1S/C14H10F/c1-2-3-4-11-5-6-12-7-8-14(15)10-13(12)9-11/h5-10H,1-2H2. The minimum atomic E-state index is -0.218. The molecule has 0 spiro atoms. The lowest BCUT2D eigenvalue weighted by atomic mass is 10.1. The van der Waals surface area contributed by atoms with Gasteiger partial charge in [0.15, 0.2) is 0 Å². The van der Waals surface area contributed by atoms with Crippen LogP contribution in [0.5, 0.6) is 0 Å². The molecule has 1 heteroatoms. The van der Waals surface area contributed by atoms with Gasteiger partial charge >= 0.3 is 0 Å². The molecular weight excluding hydrogens is 187 g/mol. The summed E-state index contributed by atoms with van der Waals surface area (Å²) in [5.74, 6) is 5.64. The molecule has 0 aromatic heterocycles. The molecule has 73 valence electrons. The Morgan fingerprint density at radius 1 is 1.07 bits per heavy atom. The zero-order valence-corrected chi connectivity index (χ0v) is 8.26. The van der Waals surface area contributed by atoms with Crippen molar-refractivity contribution in [2.45, 2.75) is 6.42 Å². The van der Waals surface area contributed by atoms with Gasteiger partial charge in [0.25, 0.3) is 0 Å². The number of rotatable bonds is 0. The van der Waals surface area contributed by atoms with Crippen LogP contribution >= 0.6 is 0 Å². The minimum absolute atomic E-state index is 0.218. The van der Waals surface area contributed by atoms with E-state index < -0.39 is 0 Å². The molecule has 1 radical (unpaired) electrons. The third-order valence-electron chi connectivity index (χ3n) is 2.16. The molecule has 0 unspecified atom stereocenters. The molecule has 0 N–H and O–H groups in total. The summed E-state index contributed by atoms with van der Waals surface area (Å²) in [5.41, 5.74) is 0.900. The third-order valence-corrected chi connectivity index (χ3v) is 2.16. The Hall–Kier alpha value is -1.81. The zero-order valence-electron chi connectivity index (χ0n) is 8.26. The predicted molar refractivity (Wildman–Crippen MR) is 60.8 cm³/mol. The van der Waals surface area contributed by atoms with Crippen molar-refractivity contribution in [3.05, 3.63) is 54.7 Å². The van der Waals surface area contributed by atoms with Crippen LogP contribution in [0.1, 0.15) is 12.0 Å². The van der Waals surface area contributed by atoms with Crippen LogP contribution in [0.4, 0.5) is 4.39 Å². The minimum Gasteiger partial charge on any atom is -0.207 e. The first-order valence-electron chi connectivity index (χ1n) is 4.77. The Labute approximate surface area is 88.7 Å². The maximum atomic E-state index is 13.0. The average molecular weight is 197 g/mol. The first-order valence-corrected chi connectivity index (χ1v) is 4.77. The van der Waals surface area contributed by atoms with Gasteiger partial charge in [0.1, 0.15) is 5.82 Å². The van der Waals surface area contributed by atoms with Gasteiger partial charge in [0.2, 0.25) is 0 Å². The molecule has 0 amide bonds. The highest BCUT2D eigenvalue weighted by Gasteiger charge is 1.96. The SMILES string of the molecule is [CH2]CC#Cc1ccc2ccc(F)cc2c1. The molecule has 0 bridgehead atoms. The molecule has 0 aliphatic rings. The van der Waals surface area contributed by atoms with Crippen molar-refractivity contribution >= 4 is 10.8 Å². The highest BCUT2D eigenvalue weighted by atomic mass is 19.1. The molecule has 0 nitrogen and oxygen atoms in total. The van der Waals surface area contributed by atoms with Gasteiger partial charge in [-0.15, -0.1) is 0 Å². The number of hydrogen-bond donors (Lipinski definition) is 0. The van der Waals surface area contributed by atoms with Gasteiger partial charge in [-0.2, -0.15) is 0 Å². The van der Waals surface area contributed by atoms with E-state index in [0.29, 0.717) is 6.42 Å². The fourth-order valence-corrected chi connectivity index (χ4v) is 1.46. The van der Waals surface area contributed by atoms with Crippen LogP contribution in [0.2, 0.25) is 0 Å². The van der Waals surface area contributed by atoms with Crippen LogP contribution in [0.15, 0.2) is 36.4 Å². The first-order chi connectivity index (χ1) is 7.29. The number of benzene rings is 2. The van der Waals surface area contributed by atoms with E-state index in [4.69, 9.17) is 0 Å². The molecule has 0 aliphatic carbocycles. The summed E-state index contributed by atoms with van der Waals surface area (Å²) in [5, 5.41) is 1.91. The Morgan fingerprint density at radius 3 is 2.67 bits per heavy atom. The van der Waals surface area contributed by atoms with Crippen molar-refractivity contribution in [1.29, 1.82) is 0 Å². The van der Waals surface area contributed by atoms with Crippen molar-refractivity contribution in [1.82, 2.24) is 0 Å². The second-order valence-electron chi connectivity index (χ2n) is 3.26. The van der Waals surface area contributed by atoms with Gasteiger partial charge in [0.05, 0.1) is 0 Å². The van der Waals surface area contributed by atoms with Crippen LogP contribution < -0.4 is 0 Å². The second-order valence-corrected chi connectivity index (χ2v) is 3.26. The molecular formula is C14H10F. The lowest BCUT2D eigenvalue weighted by molar-refractivity contribution is 0.630. The summed E-state index contributed by atoms with van der Waals surface area (Å²) in [6.45, 7) is 3.64. The van der Waals surface area contributed by atoms with E-state index in [9.17, 15) is 4.39 Å². The first kappa shape index (κ1) is 9.73. The second kappa shape index (κ2) is 4.14. The van der Waals surface area contributed by atoms with Crippen LogP contribution in [0, 0.1) is 24.6 Å². The average Bonchev–Trinajstić information content (AvgIpc) is 2.25. The summed E-state index contributed by atoms with van der Waals surface area (Å²) < 4.78 is 13.0. The molecule has 0 aliphatic heterocycles. The normalized spacial score (nSPS) is 9.73. The monoisotopic (exact) mass is 197 g/mol. The highest BCUT2D eigenvalue weighted by molar-refractivity contribution is 5.83. The fourth-order valence-electron chi connectivity index (χ4n) is 1.46. The van der Waals surface area contributed by atoms with Gasteiger partial charge in [0, 0.05) is 12.0 Å². The van der Waals surface area contributed by atoms with Gasteiger partial charge in [-0.25, -0.2) is 4.39 Å². The molecule has 15 heavy (non-hydrogen) atoms. The predicted octanol–water partition coefficient (Wildman–Crippen LogP) is 3.55. The quantitative estimate of drug-likeness (QED) is 0.566. The van der Waals surface area contributed by atoms with Crippen molar-refractivity contribution in [2.75, 3.05) is 0 Å². The Morgan fingerprint density at radius 2 is 1.87 bits per heavy atom. The molecule has 0 fully saturated rings. The van der Waals surface area contributed by atoms with Crippen LogP contribution in [0.3, 0.4) is 0 Å². The van der Waals surface area contributed by atoms with Gasteiger partial charge in [-0.05, 0) is 42.0 Å². The molecule has 2 rings (SSSR count). The van der Waals surface area contributed by atoms with E-state index in [-0.39, 0.29) is 5.82 Å². The van der Waals surface area contributed by atoms with E-state index in [1.165, 1.54) is 12.1 Å². The van der Waals surface area contributed by atoms with Gasteiger partial charge in [-0.1, -0.05) is 24.0 Å². The molecule has 2 aromatic rings. The largest absolute Gasteiger partial charge is 0.207 e. The maximum absolute atomic E-state index is 13.0. The number of fused-ring (bicyclic) bond motifs is 1. The number of halogens is 1. The summed E-state index contributed by atoms with van der Waals surface area (Å²) >= 11 is 0. The van der Waals surface area contributed by atoms with Crippen molar-refractivity contribution in [2.24, 2.45) is 0 Å². The third kappa shape index (κ3) is 2.16. The van der Waals surface area contributed by atoms with Crippen molar-refractivity contribution < 1.29 is 4.39 Å². The molecule has 0 saturated carbocycles.